The van der Waals surface area contributed by atoms with E-state index in [1.807, 2.05) is 5.38 Å². The van der Waals surface area contributed by atoms with Crippen LogP contribution in [0.15, 0.2) is 47.3 Å². The molecule has 0 bridgehead atoms. The van der Waals surface area contributed by atoms with Crippen LogP contribution in [-0.2, 0) is 23.6 Å². The first-order valence-electron chi connectivity index (χ1n) is 9.01. The number of nitrogens with zero attached hydrogens (tertiary/aromatic N) is 1. The van der Waals surface area contributed by atoms with Crippen molar-refractivity contribution in [3.63, 3.8) is 0 Å². The number of fused-ring (bicyclic) bond motifs is 1. The van der Waals surface area contributed by atoms with Crippen molar-refractivity contribution >= 4 is 34.0 Å². The number of H-pyrrole nitrogens is 2. The van der Waals surface area contributed by atoms with Crippen LogP contribution in [0.5, 0.6) is 0 Å². The smallest absolute Gasteiger partial charge is 0.326 e. The standard InChI is InChI=1S/C20H12F6N4OS/c21-19(22,23)11-3-10(4-12(6-11)20(24,25)26)5-17(31)28-13-1-2-14-15(7-13)30-18(29-14)16-8-32-9-27-16/h1-4,6-9H,5H2,(H,28,31)(H,29,30)/p+1. The second kappa shape index (κ2) is 7.93. The minimum absolute atomic E-state index is 0.0248. The summed E-state index contributed by atoms with van der Waals surface area (Å²) in [6.45, 7) is 0. The van der Waals surface area contributed by atoms with Crippen molar-refractivity contribution in [2.75, 3.05) is 5.32 Å². The molecule has 1 amide bonds. The number of aromatic amines is 2. The first kappa shape index (κ1) is 21.8. The molecule has 0 spiro atoms. The third kappa shape index (κ3) is 4.74. The molecule has 2 heterocycles. The summed E-state index contributed by atoms with van der Waals surface area (Å²) in [5.41, 5.74) is 0.708. The molecule has 2 aromatic carbocycles. The molecule has 3 N–H and O–H groups in total. The van der Waals surface area contributed by atoms with Crippen LogP contribution in [0.4, 0.5) is 32.0 Å². The Kier molecular flexibility index (Phi) is 5.41. The zero-order valence-electron chi connectivity index (χ0n) is 15.9. The number of benzene rings is 2. The molecule has 166 valence electrons. The summed E-state index contributed by atoms with van der Waals surface area (Å²) in [6.07, 6.45) is -10.6. The quantitative estimate of drug-likeness (QED) is 0.395. The van der Waals surface area contributed by atoms with E-state index in [2.05, 4.69) is 20.3 Å². The van der Waals surface area contributed by atoms with Gasteiger partial charge >= 0.3 is 18.2 Å². The molecule has 0 unspecified atom stereocenters. The Morgan fingerprint density at radius 3 is 2.31 bits per heavy atom. The largest absolute Gasteiger partial charge is 0.416 e. The number of amides is 1. The van der Waals surface area contributed by atoms with Gasteiger partial charge in [-0.1, -0.05) is 0 Å². The van der Waals surface area contributed by atoms with Gasteiger partial charge in [0.15, 0.2) is 16.7 Å². The van der Waals surface area contributed by atoms with Crippen LogP contribution in [0, 0.1) is 0 Å². The summed E-state index contributed by atoms with van der Waals surface area (Å²) in [4.78, 5) is 22.7. The Balaban J connectivity index is 1.55. The van der Waals surface area contributed by atoms with Crippen LogP contribution in [0.2, 0.25) is 0 Å². The van der Waals surface area contributed by atoms with Crippen molar-refractivity contribution in [2.24, 2.45) is 0 Å². The number of hydrogen-bond donors (Lipinski definition) is 2. The number of anilines is 1. The van der Waals surface area contributed by atoms with Gasteiger partial charge < -0.3 is 5.32 Å². The molecule has 0 saturated heterocycles. The molecule has 0 aliphatic heterocycles. The molecule has 2 aromatic heterocycles. The van der Waals surface area contributed by atoms with Gasteiger partial charge in [0.05, 0.1) is 23.1 Å². The minimum Gasteiger partial charge on any atom is -0.326 e. The number of aromatic nitrogens is 3. The van der Waals surface area contributed by atoms with E-state index < -0.39 is 41.4 Å². The fraction of sp³-hybridized carbons (Fsp3) is 0.150. The van der Waals surface area contributed by atoms with Crippen LogP contribution >= 0.6 is 11.3 Å². The average molecular weight is 471 g/mol. The van der Waals surface area contributed by atoms with Gasteiger partial charge in [-0.2, -0.15) is 26.3 Å². The van der Waals surface area contributed by atoms with Crippen LogP contribution in [0.3, 0.4) is 0 Å². The second-order valence-corrected chi connectivity index (χ2v) is 7.62. The number of nitrogens with one attached hydrogen (secondary N) is 3. The van der Waals surface area contributed by atoms with E-state index in [0.29, 0.717) is 34.9 Å². The summed E-state index contributed by atoms with van der Waals surface area (Å²) >= 11 is 1.41. The highest BCUT2D eigenvalue weighted by atomic mass is 32.1. The predicted octanol–water partition coefficient (Wildman–Crippen LogP) is 5.32. The van der Waals surface area contributed by atoms with Gasteiger partial charge in [-0.3, -0.25) is 4.79 Å². The molecule has 0 fully saturated rings. The van der Waals surface area contributed by atoms with Crippen LogP contribution < -0.4 is 10.3 Å². The normalized spacial score (nSPS) is 12.3. The second-order valence-electron chi connectivity index (χ2n) is 6.90. The van der Waals surface area contributed by atoms with E-state index in [4.69, 9.17) is 0 Å². The van der Waals surface area contributed by atoms with Crippen LogP contribution in [0.1, 0.15) is 16.7 Å². The molecule has 4 aromatic rings. The molecular weight excluding hydrogens is 458 g/mol. The van der Waals surface area contributed by atoms with Gasteiger partial charge in [0.25, 0.3) is 0 Å². The maximum Gasteiger partial charge on any atom is 0.416 e. The van der Waals surface area contributed by atoms with Crippen LogP contribution in [-0.4, -0.2) is 15.9 Å². The lowest BCUT2D eigenvalue weighted by molar-refractivity contribution is -0.330. The lowest BCUT2D eigenvalue weighted by Gasteiger charge is -2.14. The van der Waals surface area contributed by atoms with Crippen LogP contribution in [0.25, 0.3) is 22.6 Å². The molecular formula is C20H13F6N4OS+. The molecule has 0 aliphatic carbocycles. The topological polar surface area (TPSA) is 71.9 Å². The fourth-order valence-corrected chi connectivity index (χ4v) is 3.65. The predicted molar refractivity (Wildman–Crippen MR) is 105 cm³/mol. The van der Waals surface area contributed by atoms with Crippen molar-refractivity contribution in [1.29, 1.82) is 0 Å². The third-order valence-electron chi connectivity index (χ3n) is 4.52. The molecule has 4 rings (SSSR count). The molecule has 0 saturated carbocycles. The minimum atomic E-state index is -4.98. The number of alkyl halides is 6. The first-order chi connectivity index (χ1) is 15.0. The van der Waals surface area contributed by atoms with E-state index in [-0.39, 0.29) is 6.07 Å². The van der Waals surface area contributed by atoms with Gasteiger partial charge in [-0.15, -0.1) is 11.3 Å². The number of rotatable bonds is 4. The SMILES string of the molecule is O=C(Cc1cc(C(F)(F)F)cc(C(F)(F)F)c1)Nc1ccc2[nH+]c(-c3cscn3)[nH]c2c1. The molecule has 12 heteroatoms. The Morgan fingerprint density at radius 1 is 1.03 bits per heavy atom. The van der Waals surface area contributed by atoms with Crippen molar-refractivity contribution in [3.05, 3.63) is 64.0 Å². The van der Waals surface area contributed by atoms with Gasteiger partial charge in [-0.25, -0.2) is 15.0 Å². The average Bonchev–Trinajstić information content (AvgIpc) is 3.35. The Hall–Kier alpha value is -3.41. The molecule has 0 radical (unpaired) electrons. The molecule has 5 nitrogen and oxygen atoms in total. The zero-order valence-corrected chi connectivity index (χ0v) is 16.7. The van der Waals surface area contributed by atoms with E-state index >= 15 is 0 Å². The Bertz CT molecular complexity index is 1250. The number of carbonyl (C=O) groups excluding carboxylic acids is 1. The monoisotopic (exact) mass is 471 g/mol. The van der Waals surface area contributed by atoms with Gasteiger partial charge in [0.2, 0.25) is 5.91 Å². The maximum atomic E-state index is 13.0. The molecule has 32 heavy (non-hydrogen) atoms. The summed E-state index contributed by atoms with van der Waals surface area (Å²) < 4.78 is 78.0. The Morgan fingerprint density at radius 2 is 1.72 bits per heavy atom. The fourth-order valence-electron chi connectivity index (χ4n) is 3.11. The molecule has 0 atom stereocenters. The number of thiazole rings is 1. The third-order valence-corrected chi connectivity index (χ3v) is 5.11. The van der Waals surface area contributed by atoms with Crippen molar-refractivity contribution in [2.45, 2.75) is 18.8 Å². The first-order valence-corrected chi connectivity index (χ1v) is 9.95. The van der Waals surface area contributed by atoms with Gasteiger partial charge in [0.1, 0.15) is 0 Å². The zero-order chi connectivity index (χ0) is 23.1. The Labute approximate surface area is 180 Å². The highest BCUT2D eigenvalue weighted by Crippen LogP contribution is 2.36. The van der Waals surface area contributed by atoms with Gasteiger partial charge in [0, 0.05) is 17.1 Å². The van der Waals surface area contributed by atoms with Crippen molar-refractivity contribution < 1.29 is 36.1 Å². The summed E-state index contributed by atoms with van der Waals surface area (Å²) in [7, 11) is 0. The molecule has 0 aliphatic rings. The number of halogens is 6. The maximum absolute atomic E-state index is 13.0. The number of hydrogen-bond acceptors (Lipinski definition) is 3. The number of carbonyl (C=O) groups is 1. The van der Waals surface area contributed by atoms with Crippen molar-refractivity contribution in [1.82, 2.24) is 9.97 Å². The van der Waals surface area contributed by atoms with Gasteiger partial charge in [-0.05, 0) is 35.9 Å². The number of imidazole rings is 1. The van der Waals surface area contributed by atoms with E-state index in [1.165, 1.54) is 11.3 Å². The lowest BCUT2D eigenvalue weighted by Crippen LogP contribution is -2.17. The summed E-state index contributed by atoms with van der Waals surface area (Å²) in [5, 5.41) is 4.32. The highest BCUT2D eigenvalue weighted by molar-refractivity contribution is 7.07. The highest BCUT2D eigenvalue weighted by Gasteiger charge is 2.37. The lowest BCUT2D eigenvalue weighted by atomic mass is 10.0. The summed E-state index contributed by atoms with van der Waals surface area (Å²) in [6, 6.07) is 5.92. The van der Waals surface area contributed by atoms with E-state index in [1.54, 1.807) is 23.7 Å². The summed E-state index contributed by atoms with van der Waals surface area (Å²) in [5.74, 6) is -0.111. The van der Waals surface area contributed by atoms with E-state index in [9.17, 15) is 31.1 Å². The van der Waals surface area contributed by atoms with E-state index in [0.717, 1.165) is 5.52 Å². The van der Waals surface area contributed by atoms with Crippen molar-refractivity contribution in [3.8, 4) is 11.5 Å².